The molecule has 3 rings (SSSR count). The van der Waals surface area contributed by atoms with Gasteiger partial charge < -0.3 is 4.98 Å². The van der Waals surface area contributed by atoms with Crippen LogP contribution in [0.25, 0.3) is 10.2 Å². The van der Waals surface area contributed by atoms with Crippen molar-refractivity contribution >= 4 is 44.9 Å². The molecule has 0 aliphatic heterocycles. The normalized spacial score (nSPS) is 11.2. The molecule has 5 nitrogen and oxygen atoms in total. The number of aromatic nitrogens is 4. The standard InChI is InChI=1S/C13H11ClN4OS2/c1-3-7-5-8-10(20-7)17-12(14)18-11(8)21-13-15-6(2)4-9(19)16-13/h4-5H,3H2,1-2H3,(H,15,16,19). The summed E-state index contributed by atoms with van der Waals surface area (Å²) in [5, 5.41) is 2.34. The molecule has 0 aromatic carbocycles. The van der Waals surface area contributed by atoms with Gasteiger partial charge in [0.15, 0.2) is 5.16 Å². The molecule has 8 heteroatoms. The Hall–Kier alpha value is -1.44. The summed E-state index contributed by atoms with van der Waals surface area (Å²) in [6, 6.07) is 3.51. The quantitative estimate of drug-likeness (QED) is 0.585. The molecule has 0 radical (unpaired) electrons. The van der Waals surface area contributed by atoms with Crippen LogP contribution in [-0.4, -0.2) is 19.9 Å². The number of nitrogens with one attached hydrogen (secondary N) is 1. The van der Waals surface area contributed by atoms with Crippen LogP contribution >= 0.6 is 34.7 Å². The zero-order valence-electron chi connectivity index (χ0n) is 11.3. The number of thiophene rings is 1. The minimum absolute atomic E-state index is 0.180. The Morgan fingerprint density at radius 2 is 2.14 bits per heavy atom. The number of rotatable bonds is 3. The molecule has 0 bridgehead atoms. The Bertz CT molecular complexity index is 874. The van der Waals surface area contributed by atoms with Gasteiger partial charge in [-0.05, 0) is 42.8 Å². The van der Waals surface area contributed by atoms with Crippen LogP contribution < -0.4 is 5.56 Å². The average Bonchev–Trinajstić information content (AvgIpc) is 2.80. The van der Waals surface area contributed by atoms with Crippen molar-refractivity contribution in [3.8, 4) is 0 Å². The summed E-state index contributed by atoms with van der Waals surface area (Å²) >= 11 is 8.87. The lowest BCUT2D eigenvalue weighted by atomic mass is 10.3. The van der Waals surface area contributed by atoms with E-state index in [2.05, 4.69) is 32.9 Å². The Balaban J connectivity index is 2.10. The molecule has 21 heavy (non-hydrogen) atoms. The van der Waals surface area contributed by atoms with E-state index in [1.807, 2.05) is 0 Å². The summed E-state index contributed by atoms with van der Waals surface area (Å²) in [4.78, 5) is 29.1. The minimum Gasteiger partial charge on any atom is -0.301 e. The maximum Gasteiger partial charge on any atom is 0.251 e. The summed E-state index contributed by atoms with van der Waals surface area (Å²) in [7, 11) is 0. The molecule has 0 aliphatic rings. The number of aryl methyl sites for hydroxylation is 2. The highest BCUT2D eigenvalue weighted by atomic mass is 35.5. The van der Waals surface area contributed by atoms with Gasteiger partial charge in [0.25, 0.3) is 5.56 Å². The number of halogens is 1. The minimum atomic E-state index is -0.180. The van der Waals surface area contributed by atoms with Crippen molar-refractivity contribution in [3.05, 3.63) is 38.3 Å². The van der Waals surface area contributed by atoms with Crippen molar-refractivity contribution in [2.75, 3.05) is 0 Å². The average molecular weight is 339 g/mol. The van der Waals surface area contributed by atoms with E-state index in [1.165, 1.54) is 22.7 Å². The van der Waals surface area contributed by atoms with Crippen LogP contribution in [0.3, 0.4) is 0 Å². The second-order valence-corrected chi connectivity index (χ2v) is 6.81. The SMILES string of the molecule is CCc1cc2c(Sc3nc(C)cc(=O)[nH]3)nc(Cl)nc2s1. The molecule has 108 valence electrons. The molecule has 3 aromatic heterocycles. The number of hydrogen-bond donors (Lipinski definition) is 1. The lowest BCUT2D eigenvalue weighted by Gasteiger charge is -2.02. The number of fused-ring (bicyclic) bond motifs is 1. The molecule has 0 saturated carbocycles. The second kappa shape index (κ2) is 5.75. The number of hydrogen-bond acceptors (Lipinski definition) is 6. The smallest absolute Gasteiger partial charge is 0.251 e. The van der Waals surface area contributed by atoms with E-state index in [4.69, 9.17) is 11.6 Å². The number of H-pyrrole nitrogens is 1. The largest absolute Gasteiger partial charge is 0.301 e. The molecule has 0 fully saturated rings. The van der Waals surface area contributed by atoms with E-state index >= 15 is 0 Å². The van der Waals surface area contributed by atoms with Gasteiger partial charge in [0.1, 0.15) is 9.86 Å². The third-order valence-corrected chi connectivity index (χ3v) is 5.00. The van der Waals surface area contributed by atoms with E-state index < -0.39 is 0 Å². The highest BCUT2D eigenvalue weighted by Crippen LogP contribution is 2.34. The molecule has 0 amide bonds. The Kier molecular flexibility index (Phi) is 3.97. The molecule has 0 atom stereocenters. The Morgan fingerprint density at radius 1 is 1.33 bits per heavy atom. The van der Waals surface area contributed by atoms with E-state index in [0.29, 0.717) is 15.9 Å². The van der Waals surface area contributed by atoms with E-state index in [1.54, 1.807) is 18.3 Å². The topological polar surface area (TPSA) is 71.5 Å². The van der Waals surface area contributed by atoms with Gasteiger partial charge in [0.05, 0.1) is 0 Å². The fraction of sp³-hybridized carbons (Fsp3) is 0.231. The van der Waals surface area contributed by atoms with Crippen LogP contribution in [0.4, 0.5) is 0 Å². The van der Waals surface area contributed by atoms with Gasteiger partial charge in [0.2, 0.25) is 5.28 Å². The van der Waals surface area contributed by atoms with Crippen molar-refractivity contribution in [2.45, 2.75) is 30.5 Å². The maximum atomic E-state index is 11.5. The third kappa shape index (κ3) is 3.09. The van der Waals surface area contributed by atoms with Crippen molar-refractivity contribution < 1.29 is 0 Å². The summed E-state index contributed by atoms with van der Waals surface area (Å²) in [6.45, 7) is 3.87. The predicted octanol–water partition coefficient (Wildman–Crippen LogP) is 3.45. The first-order chi connectivity index (χ1) is 10.0. The first kappa shape index (κ1) is 14.5. The van der Waals surface area contributed by atoms with Gasteiger partial charge in [-0.1, -0.05) is 6.92 Å². The summed E-state index contributed by atoms with van der Waals surface area (Å²) < 4.78 is 0. The van der Waals surface area contributed by atoms with Crippen molar-refractivity contribution in [1.82, 2.24) is 19.9 Å². The van der Waals surface area contributed by atoms with Gasteiger partial charge >= 0.3 is 0 Å². The highest BCUT2D eigenvalue weighted by Gasteiger charge is 2.13. The zero-order chi connectivity index (χ0) is 15.0. The van der Waals surface area contributed by atoms with E-state index in [0.717, 1.165) is 16.6 Å². The van der Waals surface area contributed by atoms with Crippen LogP contribution in [0.5, 0.6) is 0 Å². The zero-order valence-corrected chi connectivity index (χ0v) is 13.7. The summed E-state index contributed by atoms with van der Waals surface area (Å²) in [5.41, 5.74) is 0.484. The summed E-state index contributed by atoms with van der Waals surface area (Å²) in [5.74, 6) is 0. The number of aromatic amines is 1. The monoisotopic (exact) mass is 338 g/mol. The first-order valence-electron chi connectivity index (χ1n) is 6.27. The summed E-state index contributed by atoms with van der Waals surface area (Å²) in [6.07, 6.45) is 0.933. The molecule has 0 spiro atoms. The molecular formula is C13H11ClN4OS2. The molecule has 0 aliphatic carbocycles. The van der Waals surface area contributed by atoms with Gasteiger partial charge in [-0.3, -0.25) is 4.79 Å². The fourth-order valence-electron chi connectivity index (χ4n) is 1.86. The molecule has 3 heterocycles. The second-order valence-electron chi connectivity index (χ2n) is 4.38. The van der Waals surface area contributed by atoms with E-state index in [-0.39, 0.29) is 10.8 Å². The van der Waals surface area contributed by atoms with Crippen molar-refractivity contribution in [1.29, 1.82) is 0 Å². The Labute approximate surface area is 133 Å². The van der Waals surface area contributed by atoms with Gasteiger partial charge in [0, 0.05) is 22.0 Å². The van der Waals surface area contributed by atoms with E-state index in [9.17, 15) is 4.79 Å². The molecule has 3 aromatic rings. The lowest BCUT2D eigenvalue weighted by Crippen LogP contribution is -2.08. The van der Waals surface area contributed by atoms with Crippen LogP contribution in [-0.2, 0) is 6.42 Å². The van der Waals surface area contributed by atoms with Crippen molar-refractivity contribution in [2.24, 2.45) is 0 Å². The van der Waals surface area contributed by atoms with Gasteiger partial charge in [-0.15, -0.1) is 11.3 Å². The molecule has 0 unspecified atom stereocenters. The van der Waals surface area contributed by atoms with Crippen LogP contribution in [0.15, 0.2) is 27.1 Å². The third-order valence-electron chi connectivity index (χ3n) is 2.77. The predicted molar refractivity (Wildman–Crippen MR) is 85.5 cm³/mol. The molecular weight excluding hydrogens is 328 g/mol. The highest BCUT2D eigenvalue weighted by molar-refractivity contribution is 7.99. The van der Waals surface area contributed by atoms with Crippen LogP contribution in [0.2, 0.25) is 5.28 Å². The van der Waals surface area contributed by atoms with Gasteiger partial charge in [-0.2, -0.15) is 0 Å². The molecule has 1 N–H and O–H groups in total. The lowest BCUT2D eigenvalue weighted by molar-refractivity contribution is 0.902. The Morgan fingerprint density at radius 3 is 2.86 bits per heavy atom. The first-order valence-corrected chi connectivity index (χ1v) is 8.28. The van der Waals surface area contributed by atoms with Crippen LogP contribution in [0.1, 0.15) is 17.5 Å². The maximum absolute atomic E-state index is 11.5. The van der Waals surface area contributed by atoms with Crippen LogP contribution in [0, 0.1) is 6.92 Å². The fourth-order valence-corrected chi connectivity index (χ4v) is 4.09. The number of nitrogens with zero attached hydrogens (tertiary/aromatic N) is 3. The van der Waals surface area contributed by atoms with Crippen molar-refractivity contribution in [3.63, 3.8) is 0 Å². The van der Waals surface area contributed by atoms with Gasteiger partial charge in [-0.25, -0.2) is 15.0 Å². The molecule has 0 saturated heterocycles.